The summed E-state index contributed by atoms with van der Waals surface area (Å²) in [5.41, 5.74) is 0.794. The van der Waals surface area contributed by atoms with Crippen LogP contribution in [0.4, 0.5) is 0 Å². The van der Waals surface area contributed by atoms with Crippen molar-refractivity contribution in [2.24, 2.45) is 0 Å². The number of hydrogen-bond donors (Lipinski definition) is 1. The number of benzene rings is 1. The highest BCUT2D eigenvalue weighted by Gasteiger charge is 2.21. The summed E-state index contributed by atoms with van der Waals surface area (Å²) in [5, 5.41) is 13.1. The Morgan fingerprint density at radius 1 is 1.41 bits per heavy atom. The van der Waals surface area contributed by atoms with Gasteiger partial charge in [-0.1, -0.05) is 30.7 Å². The first-order valence-electron chi connectivity index (χ1n) is 5.58. The summed E-state index contributed by atoms with van der Waals surface area (Å²) in [6.45, 7) is 4.76. The smallest absolute Gasteiger partial charge is 0.113 e. The lowest BCUT2D eigenvalue weighted by atomic mass is 10.1. The summed E-state index contributed by atoms with van der Waals surface area (Å²) in [7, 11) is 0. The number of thioether (sulfide) groups is 1. The molecule has 0 saturated carbocycles. The zero-order valence-electron chi connectivity index (χ0n) is 10.2. The van der Waals surface area contributed by atoms with Gasteiger partial charge in [-0.05, 0) is 31.2 Å². The molecule has 2 nitrogen and oxygen atoms in total. The van der Waals surface area contributed by atoms with Gasteiger partial charge in [0.05, 0.1) is 6.07 Å². The van der Waals surface area contributed by atoms with E-state index in [1.807, 2.05) is 38.1 Å². The summed E-state index contributed by atoms with van der Waals surface area (Å²) >= 11 is 7.58. The third-order valence-electron chi connectivity index (χ3n) is 2.39. The van der Waals surface area contributed by atoms with Gasteiger partial charge < -0.3 is 0 Å². The van der Waals surface area contributed by atoms with Crippen LogP contribution in [0, 0.1) is 11.3 Å². The summed E-state index contributed by atoms with van der Waals surface area (Å²) < 4.78 is 0. The fourth-order valence-electron chi connectivity index (χ4n) is 1.47. The molecule has 1 rings (SSSR count). The highest BCUT2D eigenvalue weighted by atomic mass is 35.5. The summed E-state index contributed by atoms with van der Waals surface area (Å²) in [5.74, 6) is 1.68. The zero-order valence-corrected chi connectivity index (χ0v) is 11.7. The van der Waals surface area contributed by atoms with Gasteiger partial charge in [-0.15, -0.1) is 0 Å². The number of rotatable bonds is 6. The molecule has 1 N–H and O–H groups in total. The summed E-state index contributed by atoms with van der Waals surface area (Å²) in [4.78, 5) is 0. The summed E-state index contributed by atoms with van der Waals surface area (Å²) in [6, 6.07) is 10.2. The van der Waals surface area contributed by atoms with Crippen molar-refractivity contribution in [2.45, 2.75) is 25.1 Å². The van der Waals surface area contributed by atoms with Gasteiger partial charge in [-0.2, -0.15) is 17.0 Å². The first-order valence-corrected chi connectivity index (χ1v) is 7.11. The molecule has 0 fully saturated rings. The van der Waals surface area contributed by atoms with E-state index in [4.69, 9.17) is 16.9 Å². The van der Waals surface area contributed by atoms with Crippen molar-refractivity contribution >= 4 is 23.4 Å². The number of halogens is 1. The molecule has 1 unspecified atom stereocenters. The Bertz CT molecular complexity index is 385. The van der Waals surface area contributed by atoms with Crippen molar-refractivity contribution in [1.29, 1.82) is 5.26 Å². The Morgan fingerprint density at radius 2 is 2.06 bits per heavy atom. The Labute approximate surface area is 112 Å². The molecule has 0 aliphatic rings. The Morgan fingerprint density at radius 3 is 2.59 bits per heavy atom. The minimum absolute atomic E-state index is 0.439. The molecule has 0 bridgehead atoms. The summed E-state index contributed by atoms with van der Waals surface area (Å²) in [6.07, 6.45) is 0. The second kappa shape index (κ2) is 6.90. The molecule has 0 aromatic heterocycles. The highest BCUT2D eigenvalue weighted by Crippen LogP contribution is 2.19. The molecule has 1 aromatic rings. The third kappa shape index (κ3) is 4.99. The predicted octanol–water partition coefficient (Wildman–Crippen LogP) is 3.46. The molecule has 17 heavy (non-hydrogen) atoms. The molecular formula is C13H17ClN2S. The molecule has 4 heteroatoms. The van der Waals surface area contributed by atoms with Crippen LogP contribution in [-0.4, -0.2) is 17.8 Å². The molecule has 0 saturated heterocycles. The minimum atomic E-state index is -0.439. The lowest BCUT2D eigenvalue weighted by Crippen LogP contribution is -2.43. The Kier molecular flexibility index (Phi) is 5.84. The maximum atomic E-state index is 9.11. The van der Waals surface area contributed by atoms with E-state index < -0.39 is 5.54 Å². The molecule has 1 aromatic carbocycles. The average Bonchev–Trinajstić information content (AvgIpc) is 2.32. The molecule has 0 heterocycles. The monoisotopic (exact) mass is 268 g/mol. The van der Waals surface area contributed by atoms with Gasteiger partial charge in [0.1, 0.15) is 5.54 Å². The topological polar surface area (TPSA) is 35.8 Å². The van der Waals surface area contributed by atoms with Crippen LogP contribution in [0.1, 0.15) is 19.4 Å². The number of nitrogens with zero attached hydrogens (tertiary/aromatic N) is 1. The number of nitriles is 1. The van der Waals surface area contributed by atoms with Crippen LogP contribution in [0.25, 0.3) is 0 Å². The quantitative estimate of drug-likeness (QED) is 0.858. The van der Waals surface area contributed by atoms with E-state index in [1.54, 1.807) is 11.8 Å². The van der Waals surface area contributed by atoms with E-state index in [1.165, 1.54) is 5.56 Å². The number of hydrogen-bond acceptors (Lipinski definition) is 3. The van der Waals surface area contributed by atoms with Gasteiger partial charge in [-0.25, -0.2) is 0 Å². The van der Waals surface area contributed by atoms with Gasteiger partial charge in [0.2, 0.25) is 0 Å². The van der Waals surface area contributed by atoms with Gasteiger partial charge in [-0.3, -0.25) is 5.32 Å². The van der Waals surface area contributed by atoms with Crippen LogP contribution in [-0.2, 0) is 5.75 Å². The first-order chi connectivity index (χ1) is 8.09. The Hall–Kier alpha value is -0.690. The molecule has 0 aliphatic carbocycles. The van der Waals surface area contributed by atoms with Crippen molar-refractivity contribution in [3.8, 4) is 6.07 Å². The molecule has 1 atom stereocenters. The molecule has 0 spiro atoms. The van der Waals surface area contributed by atoms with Gasteiger partial charge in [0.25, 0.3) is 0 Å². The van der Waals surface area contributed by atoms with Gasteiger partial charge >= 0.3 is 0 Å². The first kappa shape index (κ1) is 14.4. The predicted molar refractivity (Wildman–Crippen MR) is 75.3 cm³/mol. The maximum Gasteiger partial charge on any atom is 0.113 e. The molecule has 92 valence electrons. The lowest BCUT2D eigenvalue weighted by Gasteiger charge is -2.21. The third-order valence-corrected chi connectivity index (χ3v) is 3.96. The fraction of sp³-hybridized carbons (Fsp3) is 0.462. The normalized spacial score (nSPS) is 14.0. The van der Waals surface area contributed by atoms with Crippen LogP contribution in [0.5, 0.6) is 0 Å². The molecule has 0 radical (unpaired) electrons. The standard InChI is InChI=1S/C13H17ClN2S/c1-3-16-13(2,9-15)10-17-8-11-4-6-12(14)7-5-11/h4-7,16H,3,8,10H2,1-2H3. The average molecular weight is 269 g/mol. The zero-order chi connectivity index (χ0) is 12.7. The van der Waals surface area contributed by atoms with Crippen molar-refractivity contribution in [3.63, 3.8) is 0 Å². The van der Waals surface area contributed by atoms with Crippen molar-refractivity contribution < 1.29 is 0 Å². The van der Waals surface area contributed by atoms with E-state index in [0.29, 0.717) is 0 Å². The van der Waals surface area contributed by atoms with E-state index in [2.05, 4.69) is 11.4 Å². The van der Waals surface area contributed by atoms with Crippen LogP contribution in [0.3, 0.4) is 0 Å². The fourth-order valence-corrected chi connectivity index (χ4v) is 2.70. The molecule has 0 aliphatic heterocycles. The van der Waals surface area contributed by atoms with Crippen LogP contribution < -0.4 is 5.32 Å². The SMILES string of the molecule is CCNC(C)(C#N)CSCc1ccc(Cl)cc1. The van der Waals surface area contributed by atoms with Crippen LogP contribution >= 0.6 is 23.4 Å². The number of nitrogens with one attached hydrogen (secondary N) is 1. The lowest BCUT2D eigenvalue weighted by molar-refractivity contribution is 0.511. The van der Waals surface area contributed by atoms with Crippen molar-refractivity contribution in [3.05, 3.63) is 34.9 Å². The van der Waals surface area contributed by atoms with Crippen LogP contribution in [0.15, 0.2) is 24.3 Å². The van der Waals surface area contributed by atoms with E-state index in [9.17, 15) is 0 Å². The van der Waals surface area contributed by atoms with Gasteiger partial charge in [0.15, 0.2) is 0 Å². The van der Waals surface area contributed by atoms with Crippen molar-refractivity contribution in [1.82, 2.24) is 5.32 Å². The maximum absolute atomic E-state index is 9.11. The van der Waals surface area contributed by atoms with E-state index in [0.717, 1.165) is 23.1 Å². The Balaban J connectivity index is 2.42. The second-order valence-corrected chi connectivity index (χ2v) is 5.52. The highest BCUT2D eigenvalue weighted by molar-refractivity contribution is 7.98. The van der Waals surface area contributed by atoms with Gasteiger partial charge in [0, 0.05) is 16.5 Å². The minimum Gasteiger partial charge on any atom is -0.299 e. The van der Waals surface area contributed by atoms with E-state index in [-0.39, 0.29) is 0 Å². The molecule has 0 amide bonds. The largest absolute Gasteiger partial charge is 0.299 e. The second-order valence-electron chi connectivity index (χ2n) is 4.09. The molecular weight excluding hydrogens is 252 g/mol. The van der Waals surface area contributed by atoms with E-state index >= 15 is 0 Å². The van der Waals surface area contributed by atoms with Crippen LogP contribution in [0.2, 0.25) is 5.02 Å². The van der Waals surface area contributed by atoms with Crippen molar-refractivity contribution in [2.75, 3.05) is 12.3 Å².